The molecular weight excluding hydrogens is 364 g/mol. The van der Waals surface area contributed by atoms with Gasteiger partial charge in [-0.05, 0) is 25.3 Å². The highest BCUT2D eigenvalue weighted by Crippen LogP contribution is 2.43. The lowest BCUT2D eigenvalue weighted by molar-refractivity contribution is -0.284. The van der Waals surface area contributed by atoms with Crippen LogP contribution in [0, 0.1) is 0 Å². The Kier molecular flexibility index (Phi) is 5.12. The molecule has 0 saturated carbocycles. The van der Waals surface area contributed by atoms with Gasteiger partial charge in [0.1, 0.15) is 0 Å². The van der Waals surface area contributed by atoms with Crippen LogP contribution in [-0.4, -0.2) is 30.0 Å². The van der Waals surface area contributed by atoms with Gasteiger partial charge < -0.3 is 4.74 Å². The molecule has 2 aromatic carbocycles. The summed E-state index contributed by atoms with van der Waals surface area (Å²) in [6.45, 7) is 1.02. The molecule has 0 heterocycles. The van der Waals surface area contributed by atoms with Gasteiger partial charge in [0, 0.05) is 5.39 Å². The molecule has 1 amide bonds. The van der Waals surface area contributed by atoms with Crippen LogP contribution in [0.5, 0.6) is 0 Å². The van der Waals surface area contributed by atoms with E-state index in [1.807, 2.05) is 0 Å². The average Bonchev–Trinajstić information content (AvgIpc) is 2.52. The lowest BCUT2D eigenvalue weighted by Gasteiger charge is -2.35. The maximum Gasteiger partial charge on any atom is 0.425 e. The first-order valence-corrected chi connectivity index (χ1v) is 7.42. The van der Waals surface area contributed by atoms with E-state index < -0.39 is 30.0 Å². The topological polar surface area (TPSA) is 38.3 Å². The number of anilines is 1. The first-order chi connectivity index (χ1) is 11.9. The second kappa shape index (κ2) is 6.69. The van der Waals surface area contributed by atoms with E-state index in [0.29, 0.717) is 19.2 Å². The van der Waals surface area contributed by atoms with Crippen LogP contribution in [0.2, 0.25) is 0 Å². The molecule has 26 heavy (non-hydrogen) atoms. The van der Waals surface area contributed by atoms with E-state index in [1.165, 1.54) is 6.07 Å². The van der Waals surface area contributed by atoms with Crippen LogP contribution in [0.15, 0.2) is 42.5 Å². The second-order valence-corrected chi connectivity index (χ2v) is 6.08. The summed E-state index contributed by atoms with van der Waals surface area (Å²) in [4.78, 5) is 11.9. The first kappa shape index (κ1) is 19.9. The Bertz CT molecular complexity index is 798. The van der Waals surface area contributed by atoms with Crippen molar-refractivity contribution in [3.8, 4) is 0 Å². The second-order valence-electron chi connectivity index (χ2n) is 6.08. The molecule has 0 spiro atoms. The fourth-order valence-corrected chi connectivity index (χ4v) is 2.28. The molecule has 1 N–H and O–H groups in total. The van der Waals surface area contributed by atoms with Crippen molar-refractivity contribution < 1.29 is 35.9 Å². The van der Waals surface area contributed by atoms with Crippen molar-refractivity contribution in [3.05, 3.63) is 42.5 Å². The molecule has 1 atom stereocenters. The van der Waals surface area contributed by atoms with Crippen molar-refractivity contribution in [1.82, 2.24) is 0 Å². The minimum atomic E-state index is -5.80. The fraction of sp³-hybridized carbons (Fsp3) is 0.353. The van der Waals surface area contributed by atoms with E-state index in [9.17, 15) is 31.1 Å². The Labute approximate surface area is 144 Å². The van der Waals surface area contributed by atoms with E-state index in [0.717, 1.165) is 5.39 Å². The van der Waals surface area contributed by atoms with Crippen molar-refractivity contribution in [3.63, 3.8) is 0 Å². The predicted molar refractivity (Wildman–Crippen MR) is 84.0 cm³/mol. The molecule has 0 aliphatic carbocycles. The smallest absolute Gasteiger partial charge is 0.425 e. The molecule has 0 aliphatic heterocycles. The summed E-state index contributed by atoms with van der Waals surface area (Å²) in [5.41, 5.74) is -2.84. The minimum Gasteiger partial charge on any atom is -0.437 e. The minimum absolute atomic E-state index is 0.208. The lowest BCUT2D eigenvalue weighted by atomic mass is 9.95. The zero-order valence-corrected chi connectivity index (χ0v) is 13.7. The summed E-state index contributed by atoms with van der Waals surface area (Å²) < 4.78 is 82.3. The molecule has 3 nitrogen and oxygen atoms in total. The Morgan fingerprint density at radius 3 is 2.19 bits per heavy atom. The third-order valence-electron chi connectivity index (χ3n) is 3.78. The summed E-state index contributed by atoms with van der Waals surface area (Å²) in [5.74, 6) is -4.98. The molecule has 0 saturated heterocycles. The Morgan fingerprint density at radius 2 is 1.58 bits per heavy atom. The summed E-state index contributed by atoms with van der Waals surface area (Å²) in [7, 11) is 0. The number of hydrogen-bond acceptors (Lipinski definition) is 2. The van der Waals surface area contributed by atoms with Gasteiger partial charge in [-0.1, -0.05) is 36.4 Å². The Morgan fingerprint density at radius 1 is 1.00 bits per heavy atom. The molecule has 0 aromatic heterocycles. The number of hydrogen-bond donors (Lipinski definition) is 1. The largest absolute Gasteiger partial charge is 0.437 e. The molecule has 2 rings (SSSR count). The standard InChI is InChI=1S/C17H15F6NO2/c1-15(2,16(19,20)13(18)17(21,22)23)26-14(25)24-12-9-5-7-10-6-3-4-8-11(10)12/h3-9,13H,1-2H3,(H,24,25)/t13-/m0/s1. The van der Waals surface area contributed by atoms with Crippen molar-refractivity contribution >= 4 is 22.6 Å². The maximum atomic E-state index is 13.8. The van der Waals surface area contributed by atoms with Gasteiger partial charge in [-0.15, -0.1) is 0 Å². The molecule has 0 fully saturated rings. The summed E-state index contributed by atoms with van der Waals surface area (Å²) in [6.07, 6.45) is -11.7. The van der Waals surface area contributed by atoms with Gasteiger partial charge in [-0.3, -0.25) is 5.32 Å². The van der Waals surface area contributed by atoms with Crippen LogP contribution < -0.4 is 5.32 Å². The quantitative estimate of drug-likeness (QED) is 0.692. The van der Waals surface area contributed by atoms with Gasteiger partial charge >= 0.3 is 18.2 Å². The fourth-order valence-electron chi connectivity index (χ4n) is 2.28. The molecule has 2 aromatic rings. The molecule has 0 unspecified atom stereocenters. The Balaban J connectivity index is 2.20. The number of halogens is 6. The van der Waals surface area contributed by atoms with Crippen LogP contribution in [-0.2, 0) is 4.74 Å². The molecular formula is C17H15F6NO2. The van der Waals surface area contributed by atoms with Gasteiger partial charge in [-0.2, -0.15) is 22.0 Å². The number of alkyl halides is 6. The number of benzene rings is 2. The number of carbonyl (C=O) groups is 1. The SMILES string of the molecule is CC(C)(OC(=O)Nc1cccc2ccccc12)C(F)(F)[C@H](F)C(F)(F)F. The summed E-state index contributed by atoms with van der Waals surface area (Å²) in [5, 5.41) is 3.49. The zero-order valence-electron chi connectivity index (χ0n) is 13.7. The third-order valence-corrected chi connectivity index (χ3v) is 3.78. The molecule has 142 valence electrons. The number of carbonyl (C=O) groups excluding carboxylic acids is 1. The van der Waals surface area contributed by atoms with Crippen LogP contribution >= 0.6 is 0 Å². The third kappa shape index (κ3) is 3.86. The zero-order chi connectivity index (χ0) is 19.8. The number of amides is 1. The highest BCUT2D eigenvalue weighted by molar-refractivity contribution is 6.00. The van der Waals surface area contributed by atoms with Gasteiger partial charge in [0.25, 0.3) is 6.17 Å². The number of nitrogens with one attached hydrogen (secondary N) is 1. The van der Waals surface area contributed by atoms with Crippen molar-refractivity contribution in [2.24, 2.45) is 0 Å². The first-order valence-electron chi connectivity index (χ1n) is 7.42. The van der Waals surface area contributed by atoms with Crippen molar-refractivity contribution in [1.29, 1.82) is 0 Å². The van der Waals surface area contributed by atoms with E-state index in [-0.39, 0.29) is 5.69 Å². The summed E-state index contributed by atoms with van der Waals surface area (Å²) >= 11 is 0. The summed E-state index contributed by atoms with van der Waals surface area (Å²) in [6, 6.07) is 11.6. The molecule has 9 heteroatoms. The molecule has 0 bridgehead atoms. The number of rotatable bonds is 4. The van der Waals surface area contributed by atoms with E-state index >= 15 is 0 Å². The van der Waals surface area contributed by atoms with E-state index in [2.05, 4.69) is 10.1 Å². The normalized spacial score (nSPS) is 14.2. The average molecular weight is 379 g/mol. The highest BCUT2D eigenvalue weighted by atomic mass is 19.4. The number of fused-ring (bicyclic) bond motifs is 1. The van der Waals surface area contributed by atoms with Crippen LogP contribution in [0.1, 0.15) is 13.8 Å². The highest BCUT2D eigenvalue weighted by Gasteiger charge is 2.65. The van der Waals surface area contributed by atoms with Crippen LogP contribution in [0.3, 0.4) is 0 Å². The van der Waals surface area contributed by atoms with Crippen molar-refractivity contribution in [2.75, 3.05) is 5.32 Å². The lowest BCUT2D eigenvalue weighted by Crippen LogP contribution is -2.57. The van der Waals surface area contributed by atoms with Crippen LogP contribution in [0.4, 0.5) is 36.8 Å². The Hall–Kier alpha value is -2.45. The van der Waals surface area contributed by atoms with Gasteiger partial charge in [0.2, 0.25) is 0 Å². The number of ether oxygens (including phenoxy) is 1. The van der Waals surface area contributed by atoms with Gasteiger partial charge in [0.05, 0.1) is 5.69 Å². The van der Waals surface area contributed by atoms with Gasteiger partial charge in [-0.25, -0.2) is 9.18 Å². The van der Waals surface area contributed by atoms with Crippen LogP contribution in [0.25, 0.3) is 10.8 Å². The van der Waals surface area contributed by atoms with Gasteiger partial charge in [0.15, 0.2) is 5.60 Å². The molecule has 0 aliphatic rings. The monoisotopic (exact) mass is 379 g/mol. The van der Waals surface area contributed by atoms with Crippen molar-refractivity contribution in [2.45, 2.75) is 37.7 Å². The van der Waals surface area contributed by atoms with E-state index in [1.54, 1.807) is 36.4 Å². The van der Waals surface area contributed by atoms with E-state index in [4.69, 9.17) is 0 Å². The predicted octanol–water partition coefficient (Wildman–Crippen LogP) is 5.70. The molecule has 0 radical (unpaired) electrons. The maximum absolute atomic E-state index is 13.8.